The zero-order valence-electron chi connectivity index (χ0n) is 13.1. The molecule has 0 saturated carbocycles. The highest BCUT2D eigenvalue weighted by Crippen LogP contribution is 2.13. The normalized spacial score (nSPS) is 12.0. The quantitative estimate of drug-likeness (QED) is 0.492. The second kappa shape index (κ2) is 10.5. The Morgan fingerprint density at radius 3 is 2.43 bits per heavy atom. The highest BCUT2D eigenvalue weighted by molar-refractivity contribution is 6.18. The van der Waals surface area contributed by atoms with Crippen LogP contribution in [-0.4, -0.2) is 18.0 Å². The smallest absolute Gasteiger partial charge is 0.319 e. The minimum atomic E-state index is -0.213. The number of rotatable bonds is 9. The molecule has 3 nitrogen and oxygen atoms in total. The molecule has 1 atom stereocenters. The van der Waals surface area contributed by atoms with Crippen LogP contribution in [0.3, 0.4) is 0 Å². The zero-order valence-corrected chi connectivity index (χ0v) is 13.9. The van der Waals surface area contributed by atoms with Crippen molar-refractivity contribution in [3.05, 3.63) is 29.8 Å². The first-order valence-corrected chi connectivity index (χ1v) is 8.41. The standard InChI is InChI=1S/C17H27ClN2O/c1-3-4-5-6-7-8-15-9-11-16(12-10-15)20-17(21)19-14(2)13-18/h9-12,14H,3-8,13H2,1-2H3,(H2,19,20,21)/t14-/m0/s1. The van der Waals surface area contributed by atoms with Gasteiger partial charge in [0.15, 0.2) is 0 Å². The molecule has 1 aromatic carbocycles. The minimum Gasteiger partial charge on any atom is -0.334 e. The first kappa shape index (κ1) is 17.8. The molecule has 0 aromatic heterocycles. The molecule has 0 spiro atoms. The molecule has 0 radical (unpaired) electrons. The van der Waals surface area contributed by atoms with Crippen LogP contribution in [0.1, 0.15) is 51.5 Å². The van der Waals surface area contributed by atoms with E-state index in [2.05, 4.69) is 29.7 Å². The monoisotopic (exact) mass is 310 g/mol. The van der Waals surface area contributed by atoms with Crippen molar-refractivity contribution in [3.63, 3.8) is 0 Å². The number of unbranched alkanes of at least 4 members (excludes halogenated alkanes) is 4. The second-order valence-corrected chi connectivity index (χ2v) is 5.82. The third-order valence-electron chi connectivity index (χ3n) is 3.39. The number of hydrogen-bond acceptors (Lipinski definition) is 1. The molecule has 4 heteroatoms. The first-order valence-electron chi connectivity index (χ1n) is 7.88. The van der Waals surface area contributed by atoms with Gasteiger partial charge in [-0.2, -0.15) is 0 Å². The van der Waals surface area contributed by atoms with Crippen LogP contribution >= 0.6 is 11.6 Å². The zero-order chi connectivity index (χ0) is 15.5. The third-order valence-corrected chi connectivity index (χ3v) is 3.85. The molecule has 0 saturated heterocycles. The highest BCUT2D eigenvalue weighted by atomic mass is 35.5. The van der Waals surface area contributed by atoms with E-state index < -0.39 is 0 Å². The van der Waals surface area contributed by atoms with Crippen molar-refractivity contribution in [2.24, 2.45) is 0 Å². The topological polar surface area (TPSA) is 41.1 Å². The van der Waals surface area contributed by atoms with Crippen molar-refractivity contribution in [1.29, 1.82) is 0 Å². The first-order chi connectivity index (χ1) is 10.2. The predicted molar refractivity (Wildman–Crippen MR) is 91.2 cm³/mol. The second-order valence-electron chi connectivity index (χ2n) is 5.51. The number of urea groups is 1. The molecule has 0 bridgehead atoms. The van der Waals surface area contributed by atoms with Gasteiger partial charge in [-0.05, 0) is 37.5 Å². The average molecular weight is 311 g/mol. The van der Waals surface area contributed by atoms with E-state index in [0.29, 0.717) is 5.88 Å². The number of nitrogens with one attached hydrogen (secondary N) is 2. The van der Waals surface area contributed by atoms with E-state index in [4.69, 9.17) is 11.6 Å². The highest BCUT2D eigenvalue weighted by Gasteiger charge is 2.05. The van der Waals surface area contributed by atoms with Gasteiger partial charge < -0.3 is 10.6 Å². The number of carbonyl (C=O) groups is 1. The van der Waals surface area contributed by atoms with Crippen LogP contribution in [0.25, 0.3) is 0 Å². The van der Waals surface area contributed by atoms with Crippen LogP contribution in [0.5, 0.6) is 0 Å². The van der Waals surface area contributed by atoms with Gasteiger partial charge >= 0.3 is 6.03 Å². The maximum Gasteiger partial charge on any atom is 0.319 e. The van der Waals surface area contributed by atoms with Crippen molar-refractivity contribution >= 4 is 23.3 Å². The Labute approximate surface area is 133 Å². The van der Waals surface area contributed by atoms with Gasteiger partial charge in [-0.3, -0.25) is 0 Å². The Kier molecular flexibility index (Phi) is 8.91. The van der Waals surface area contributed by atoms with Gasteiger partial charge in [0, 0.05) is 17.6 Å². The third kappa shape index (κ3) is 7.96. The lowest BCUT2D eigenvalue weighted by molar-refractivity contribution is 0.250. The maximum absolute atomic E-state index is 11.7. The van der Waals surface area contributed by atoms with Gasteiger partial charge in [-0.25, -0.2) is 4.79 Å². The summed E-state index contributed by atoms with van der Waals surface area (Å²) < 4.78 is 0. The molecule has 2 amide bonds. The summed E-state index contributed by atoms with van der Waals surface area (Å²) in [5.41, 5.74) is 2.13. The molecule has 0 heterocycles. The Balaban J connectivity index is 2.31. The van der Waals surface area contributed by atoms with Crippen molar-refractivity contribution < 1.29 is 4.79 Å². The van der Waals surface area contributed by atoms with E-state index in [1.807, 2.05) is 19.1 Å². The lowest BCUT2D eigenvalue weighted by Crippen LogP contribution is -2.37. The number of benzene rings is 1. The lowest BCUT2D eigenvalue weighted by atomic mass is 10.1. The fraction of sp³-hybridized carbons (Fsp3) is 0.588. The van der Waals surface area contributed by atoms with Gasteiger partial charge in [0.1, 0.15) is 0 Å². The summed E-state index contributed by atoms with van der Waals surface area (Å²) in [5.74, 6) is 0.407. The lowest BCUT2D eigenvalue weighted by Gasteiger charge is -2.12. The SMILES string of the molecule is CCCCCCCc1ccc(NC(=O)N[C@@H](C)CCl)cc1. The minimum absolute atomic E-state index is 0.0333. The van der Waals surface area contributed by atoms with Gasteiger partial charge in [0.2, 0.25) is 0 Å². The van der Waals surface area contributed by atoms with Crippen LogP contribution < -0.4 is 10.6 Å². The summed E-state index contributed by atoms with van der Waals surface area (Å²) in [7, 11) is 0. The molecule has 21 heavy (non-hydrogen) atoms. The number of anilines is 1. The summed E-state index contributed by atoms with van der Waals surface area (Å²) in [5, 5.41) is 5.57. The molecule has 0 aliphatic heterocycles. The largest absolute Gasteiger partial charge is 0.334 e. The van der Waals surface area contributed by atoms with Crippen molar-refractivity contribution in [3.8, 4) is 0 Å². The molecule has 2 N–H and O–H groups in total. The summed E-state index contributed by atoms with van der Waals surface area (Å²) in [6.45, 7) is 4.10. The molecule has 118 valence electrons. The van der Waals surface area contributed by atoms with Gasteiger partial charge in [0.25, 0.3) is 0 Å². The Morgan fingerprint density at radius 1 is 1.14 bits per heavy atom. The molecule has 1 aromatic rings. The van der Waals surface area contributed by atoms with E-state index >= 15 is 0 Å². The molecule has 0 unspecified atom stereocenters. The molecular formula is C17H27ClN2O. The molecule has 0 aliphatic rings. The van der Waals surface area contributed by atoms with Crippen molar-refractivity contribution in [1.82, 2.24) is 5.32 Å². The number of aryl methyl sites for hydroxylation is 1. The molecule has 1 rings (SSSR count). The van der Waals surface area contributed by atoms with Crippen LogP contribution in [-0.2, 0) is 6.42 Å². The van der Waals surface area contributed by atoms with E-state index in [0.717, 1.165) is 12.1 Å². The summed E-state index contributed by atoms with van der Waals surface area (Å²) in [6, 6.07) is 7.82. The van der Waals surface area contributed by atoms with Gasteiger partial charge in [0.05, 0.1) is 0 Å². The maximum atomic E-state index is 11.7. The van der Waals surface area contributed by atoms with Crippen LogP contribution in [0.15, 0.2) is 24.3 Å². The Morgan fingerprint density at radius 2 is 1.81 bits per heavy atom. The molecule has 0 aliphatic carbocycles. The summed E-state index contributed by atoms with van der Waals surface area (Å²) in [6.07, 6.45) is 7.59. The van der Waals surface area contributed by atoms with Crippen molar-refractivity contribution in [2.75, 3.05) is 11.2 Å². The fourth-order valence-electron chi connectivity index (χ4n) is 2.12. The summed E-state index contributed by atoms with van der Waals surface area (Å²) >= 11 is 5.66. The number of amides is 2. The van der Waals surface area contributed by atoms with E-state index in [-0.39, 0.29) is 12.1 Å². The van der Waals surface area contributed by atoms with E-state index in [1.54, 1.807) is 0 Å². The van der Waals surface area contributed by atoms with Crippen LogP contribution in [0.4, 0.5) is 10.5 Å². The van der Waals surface area contributed by atoms with Crippen molar-refractivity contribution in [2.45, 2.75) is 58.4 Å². The predicted octanol–water partition coefficient (Wildman–Crippen LogP) is 4.95. The van der Waals surface area contributed by atoms with Gasteiger partial charge in [-0.1, -0.05) is 44.7 Å². The fourth-order valence-corrected chi connectivity index (χ4v) is 2.19. The van der Waals surface area contributed by atoms with Crippen LogP contribution in [0.2, 0.25) is 0 Å². The Bertz CT molecular complexity index is 406. The number of alkyl halides is 1. The van der Waals surface area contributed by atoms with E-state index in [9.17, 15) is 4.79 Å². The van der Waals surface area contributed by atoms with Crippen LogP contribution in [0, 0.1) is 0 Å². The number of hydrogen-bond donors (Lipinski definition) is 2. The number of halogens is 1. The van der Waals surface area contributed by atoms with Gasteiger partial charge in [-0.15, -0.1) is 11.6 Å². The molecular weight excluding hydrogens is 284 g/mol. The molecule has 0 fully saturated rings. The number of carbonyl (C=O) groups excluding carboxylic acids is 1. The van der Waals surface area contributed by atoms with E-state index in [1.165, 1.54) is 37.7 Å². The Hall–Kier alpha value is -1.22. The average Bonchev–Trinajstić information content (AvgIpc) is 2.48. The summed E-state index contributed by atoms with van der Waals surface area (Å²) in [4.78, 5) is 11.7.